The van der Waals surface area contributed by atoms with Gasteiger partial charge in [-0.1, -0.05) is 18.2 Å². The molecule has 0 fully saturated rings. The Morgan fingerprint density at radius 1 is 1.37 bits per heavy atom. The summed E-state index contributed by atoms with van der Waals surface area (Å²) in [6.45, 7) is 0.393. The Hall–Kier alpha value is -1.27. The Labute approximate surface area is 109 Å². The number of nitrogens with two attached hydrogens (primary N) is 1. The molecule has 2 unspecified atom stereocenters. The Morgan fingerprint density at radius 3 is 2.79 bits per heavy atom. The van der Waals surface area contributed by atoms with Crippen LogP contribution in [-0.2, 0) is 6.42 Å². The molecule has 0 spiro atoms. The molecule has 0 saturated carbocycles. The zero-order valence-electron chi connectivity index (χ0n) is 10.4. The molecule has 2 rings (SSSR count). The van der Waals surface area contributed by atoms with Crippen LogP contribution < -0.4 is 16.0 Å². The molecular weight excluding hydrogens is 257 g/mol. The lowest BCUT2D eigenvalue weighted by Crippen LogP contribution is -2.45. The molecule has 106 valence electrons. The van der Waals surface area contributed by atoms with E-state index in [1.54, 1.807) is 0 Å². The number of hydrazine groups is 1. The molecule has 1 aromatic rings. The third-order valence-electron chi connectivity index (χ3n) is 3.43. The number of nitrogens with one attached hydrogen (secondary N) is 1. The maximum Gasteiger partial charge on any atom is 0.389 e. The summed E-state index contributed by atoms with van der Waals surface area (Å²) < 4.78 is 42.3. The van der Waals surface area contributed by atoms with Gasteiger partial charge >= 0.3 is 6.18 Å². The van der Waals surface area contributed by atoms with Crippen molar-refractivity contribution in [2.45, 2.75) is 31.5 Å². The number of rotatable bonds is 4. The van der Waals surface area contributed by atoms with E-state index in [2.05, 4.69) is 5.43 Å². The topological polar surface area (TPSA) is 47.3 Å². The molecule has 0 saturated heterocycles. The maximum absolute atomic E-state index is 12.3. The van der Waals surface area contributed by atoms with Crippen molar-refractivity contribution in [2.24, 2.45) is 11.8 Å². The second-order valence-corrected chi connectivity index (χ2v) is 4.81. The molecule has 3 N–H and O–H groups in total. The molecule has 2 atom stereocenters. The number of halogens is 3. The molecular formula is C13H17F3N2O. The van der Waals surface area contributed by atoms with Crippen molar-refractivity contribution < 1.29 is 17.9 Å². The first-order valence-electron chi connectivity index (χ1n) is 6.23. The van der Waals surface area contributed by atoms with Gasteiger partial charge in [0.05, 0.1) is 6.61 Å². The molecule has 1 aliphatic rings. The summed E-state index contributed by atoms with van der Waals surface area (Å²) in [6.07, 6.45) is -4.33. The zero-order valence-corrected chi connectivity index (χ0v) is 10.4. The fraction of sp³-hybridized carbons (Fsp3) is 0.538. The first-order chi connectivity index (χ1) is 8.99. The van der Waals surface area contributed by atoms with Gasteiger partial charge in [-0.3, -0.25) is 11.3 Å². The molecule has 0 bridgehead atoms. The van der Waals surface area contributed by atoms with E-state index in [1.165, 1.54) is 0 Å². The van der Waals surface area contributed by atoms with E-state index in [-0.39, 0.29) is 12.3 Å². The third kappa shape index (κ3) is 3.84. The van der Waals surface area contributed by atoms with Crippen molar-refractivity contribution in [3.63, 3.8) is 0 Å². The molecule has 3 nitrogen and oxygen atoms in total. The fourth-order valence-corrected chi connectivity index (χ4v) is 2.38. The highest BCUT2D eigenvalue weighted by Gasteiger charge is 2.32. The number of benzene rings is 1. The van der Waals surface area contributed by atoms with Crippen LogP contribution in [0.15, 0.2) is 24.3 Å². The number of fused-ring (bicyclic) bond motifs is 1. The Kier molecular flexibility index (Phi) is 4.31. The lowest BCUT2D eigenvalue weighted by molar-refractivity contribution is -0.137. The number of alkyl halides is 3. The monoisotopic (exact) mass is 274 g/mol. The number of para-hydroxylation sites is 1. The minimum Gasteiger partial charge on any atom is -0.493 e. The summed E-state index contributed by atoms with van der Waals surface area (Å²) in [5.74, 6) is 6.15. The Bertz CT molecular complexity index is 423. The van der Waals surface area contributed by atoms with E-state index in [9.17, 15) is 13.2 Å². The number of hydrogen-bond acceptors (Lipinski definition) is 3. The average molecular weight is 274 g/mol. The van der Waals surface area contributed by atoms with Gasteiger partial charge in [0.25, 0.3) is 0 Å². The smallest absolute Gasteiger partial charge is 0.389 e. The first kappa shape index (κ1) is 14.1. The number of ether oxygens (including phenoxy) is 1. The van der Waals surface area contributed by atoms with Crippen molar-refractivity contribution in [2.75, 3.05) is 6.61 Å². The summed E-state index contributed by atoms with van der Waals surface area (Å²) in [7, 11) is 0. The van der Waals surface area contributed by atoms with Gasteiger partial charge in [-0.25, -0.2) is 0 Å². The van der Waals surface area contributed by atoms with Crippen LogP contribution in [0.4, 0.5) is 13.2 Å². The van der Waals surface area contributed by atoms with Crippen molar-refractivity contribution in [3.8, 4) is 5.75 Å². The van der Waals surface area contributed by atoms with Crippen molar-refractivity contribution >= 4 is 0 Å². The van der Waals surface area contributed by atoms with Gasteiger partial charge in [-0.2, -0.15) is 13.2 Å². The second kappa shape index (κ2) is 5.79. The predicted octanol–water partition coefficient (Wildman–Crippen LogP) is 2.41. The fourth-order valence-electron chi connectivity index (χ4n) is 2.38. The lowest BCUT2D eigenvalue weighted by atomic mass is 9.88. The van der Waals surface area contributed by atoms with Gasteiger partial charge in [0.15, 0.2) is 0 Å². The molecule has 19 heavy (non-hydrogen) atoms. The quantitative estimate of drug-likeness (QED) is 0.655. The van der Waals surface area contributed by atoms with E-state index >= 15 is 0 Å². The van der Waals surface area contributed by atoms with E-state index in [4.69, 9.17) is 10.6 Å². The Morgan fingerprint density at radius 2 is 2.11 bits per heavy atom. The lowest BCUT2D eigenvalue weighted by Gasteiger charge is -2.31. The summed E-state index contributed by atoms with van der Waals surface area (Å²) in [5, 5.41) is 0. The summed E-state index contributed by atoms with van der Waals surface area (Å²) in [4.78, 5) is 0. The van der Waals surface area contributed by atoms with Crippen LogP contribution in [-0.4, -0.2) is 18.8 Å². The van der Waals surface area contributed by atoms with Crippen molar-refractivity contribution in [1.82, 2.24) is 5.43 Å². The molecule has 0 aliphatic carbocycles. The van der Waals surface area contributed by atoms with Gasteiger partial charge in [-0.05, 0) is 24.5 Å². The number of hydrogen-bond donors (Lipinski definition) is 2. The normalized spacial score (nSPS) is 20.5. The van der Waals surface area contributed by atoms with Crippen LogP contribution >= 0.6 is 0 Å². The average Bonchev–Trinajstić information content (AvgIpc) is 2.38. The highest BCUT2D eigenvalue weighted by molar-refractivity contribution is 5.35. The van der Waals surface area contributed by atoms with Crippen LogP contribution in [0.25, 0.3) is 0 Å². The minimum atomic E-state index is -4.15. The molecule has 0 radical (unpaired) electrons. The zero-order chi connectivity index (χ0) is 13.9. The van der Waals surface area contributed by atoms with Crippen molar-refractivity contribution in [3.05, 3.63) is 29.8 Å². The summed E-state index contributed by atoms with van der Waals surface area (Å²) in [5.41, 5.74) is 3.51. The first-order valence-corrected chi connectivity index (χ1v) is 6.23. The minimum absolute atomic E-state index is 0.0316. The van der Waals surface area contributed by atoms with Crippen LogP contribution in [0, 0.1) is 5.92 Å². The van der Waals surface area contributed by atoms with Crippen molar-refractivity contribution in [1.29, 1.82) is 0 Å². The van der Waals surface area contributed by atoms with Gasteiger partial charge in [0.1, 0.15) is 5.75 Å². The van der Waals surface area contributed by atoms with E-state index in [0.717, 1.165) is 11.3 Å². The third-order valence-corrected chi connectivity index (χ3v) is 3.43. The second-order valence-electron chi connectivity index (χ2n) is 4.81. The molecule has 6 heteroatoms. The highest BCUT2D eigenvalue weighted by Crippen LogP contribution is 2.30. The van der Waals surface area contributed by atoms with E-state index in [1.807, 2.05) is 24.3 Å². The predicted molar refractivity (Wildman–Crippen MR) is 65.5 cm³/mol. The van der Waals surface area contributed by atoms with Gasteiger partial charge in [0.2, 0.25) is 0 Å². The van der Waals surface area contributed by atoms with E-state index in [0.29, 0.717) is 13.0 Å². The molecule has 1 aromatic carbocycles. The van der Waals surface area contributed by atoms with Gasteiger partial charge in [-0.15, -0.1) is 0 Å². The van der Waals surface area contributed by atoms with Crippen LogP contribution in [0.2, 0.25) is 0 Å². The standard InChI is InChI=1S/C13H17F3N2O/c14-13(15,16)6-5-11(18-17)10-7-9-3-1-2-4-12(9)19-8-10/h1-4,10-11,18H,5-8,17H2. The highest BCUT2D eigenvalue weighted by atomic mass is 19.4. The maximum atomic E-state index is 12.3. The van der Waals surface area contributed by atoms with Gasteiger partial charge in [0, 0.05) is 18.4 Å². The molecule has 0 amide bonds. The SMILES string of the molecule is NNC(CCC(F)(F)F)C1COc2ccccc2C1. The molecule has 1 heterocycles. The van der Waals surface area contributed by atoms with Crippen LogP contribution in [0.1, 0.15) is 18.4 Å². The van der Waals surface area contributed by atoms with Crippen LogP contribution in [0.5, 0.6) is 5.75 Å². The molecule has 1 aliphatic heterocycles. The molecule has 0 aromatic heterocycles. The summed E-state index contributed by atoms with van der Waals surface area (Å²) in [6, 6.07) is 7.17. The van der Waals surface area contributed by atoms with Crippen LogP contribution in [0.3, 0.4) is 0 Å². The van der Waals surface area contributed by atoms with Gasteiger partial charge < -0.3 is 4.74 Å². The van der Waals surface area contributed by atoms with E-state index < -0.39 is 18.6 Å². The Balaban J connectivity index is 1.98. The summed E-state index contributed by atoms with van der Waals surface area (Å²) >= 11 is 0. The largest absolute Gasteiger partial charge is 0.493 e.